The fraction of sp³-hybridized carbons (Fsp3) is 0.600. The molecule has 0 saturated carbocycles. The summed E-state index contributed by atoms with van der Waals surface area (Å²) in [6.07, 6.45) is 12.6. The fourth-order valence-electron chi connectivity index (χ4n) is 0.782. The first-order valence-corrected chi connectivity index (χ1v) is 4.17. The Bertz CT molecular complexity index is 90.2. The largest absolute Gasteiger partial charge is 0.103 e. The van der Waals surface area contributed by atoms with Gasteiger partial charge in [0.2, 0.25) is 0 Å². The highest BCUT2D eigenvalue weighted by Gasteiger charge is 1.78. The van der Waals surface area contributed by atoms with Crippen molar-refractivity contribution in [3.05, 3.63) is 24.8 Å². The molecule has 0 fully saturated rings. The second-order valence-electron chi connectivity index (χ2n) is 2.48. The van der Waals surface area contributed by atoms with Crippen molar-refractivity contribution in [2.24, 2.45) is 0 Å². The molecule has 0 aromatic heterocycles. The molecule has 0 rings (SSSR count). The van der Waals surface area contributed by atoms with Crippen LogP contribution >= 0.6 is 0 Å². The summed E-state index contributed by atoms with van der Waals surface area (Å²) in [6, 6.07) is 0. The van der Waals surface area contributed by atoms with E-state index in [1.807, 2.05) is 6.08 Å². The smallest absolute Gasteiger partial charge is 0.0348 e. The number of allylic oxidation sites excluding steroid dienone is 3. The van der Waals surface area contributed by atoms with E-state index in [1.165, 1.54) is 25.7 Å². The van der Waals surface area contributed by atoms with Crippen molar-refractivity contribution in [2.75, 3.05) is 0 Å². The van der Waals surface area contributed by atoms with Gasteiger partial charge < -0.3 is 0 Å². The monoisotopic (exact) mass is 138 g/mol. The number of rotatable bonds is 6. The molecule has 0 nitrogen and oxygen atoms in total. The van der Waals surface area contributed by atoms with Crippen LogP contribution in [0.4, 0.5) is 0 Å². The number of unbranched alkanes of at least 4 members (excludes halogenated alkanes) is 3. The minimum Gasteiger partial charge on any atom is -0.103 e. The van der Waals surface area contributed by atoms with Crippen LogP contribution in [0.5, 0.6) is 0 Å². The second kappa shape index (κ2) is 8.48. The molecule has 0 radical (unpaired) electrons. The summed E-state index contributed by atoms with van der Waals surface area (Å²) in [4.78, 5) is 0. The van der Waals surface area contributed by atoms with E-state index in [0.29, 0.717) is 0 Å². The Kier molecular flexibility index (Phi) is 8.04. The van der Waals surface area contributed by atoms with Crippen LogP contribution < -0.4 is 0 Å². The van der Waals surface area contributed by atoms with Crippen LogP contribution in [0.15, 0.2) is 24.8 Å². The van der Waals surface area contributed by atoms with Gasteiger partial charge in [0.15, 0.2) is 0 Å². The van der Waals surface area contributed by atoms with Crippen molar-refractivity contribution >= 4 is 0 Å². The average molecular weight is 138 g/mol. The van der Waals surface area contributed by atoms with Gasteiger partial charge in [-0.25, -0.2) is 0 Å². The summed E-state index contributed by atoms with van der Waals surface area (Å²) in [5.74, 6) is 0. The van der Waals surface area contributed by atoms with Crippen LogP contribution in [-0.4, -0.2) is 0 Å². The molecule has 10 heavy (non-hydrogen) atoms. The average Bonchev–Trinajstić information content (AvgIpc) is 1.97. The van der Waals surface area contributed by atoms with Crippen LogP contribution in [-0.2, 0) is 0 Å². The Morgan fingerprint density at radius 2 is 1.80 bits per heavy atom. The molecule has 0 aliphatic rings. The Hall–Kier alpha value is -0.520. The molecule has 0 unspecified atom stereocenters. The Morgan fingerprint density at radius 1 is 1.10 bits per heavy atom. The van der Waals surface area contributed by atoms with E-state index in [4.69, 9.17) is 0 Å². The standard InChI is InChI=1S/C10H18/c1-3-5-7-9-10-8-6-4-2/h3,8,10H,1,4-7,9H2,2H3. The van der Waals surface area contributed by atoms with E-state index in [-0.39, 0.29) is 0 Å². The van der Waals surface area contributed by atoms with Crippen LogP contribution in [0.1, 0.15) is 39.0 Å². The molecule has 0 bridgehead atoms. The third kappa shape index (κ3) is 7.48. The maximum atomic E-state index is 3.67. The summed E-state index contributed by atoms with van der Waals surface area (Å²) in [5, 5.41) is 0. The van der Waals surface area contributed by atoms with Gasteiger partial charge in [-0.3, -0.25) is 0 Å². The van der Waals surface area contributed by atoms with Crippen LogP contribution in [0, 0.1) is 0 Å². The molecular formula is C10H18. The summed E-state index contributed by atoms with van der Waals surface area (Å²) >= 11 is 0. The summed E-state index contributed by atoms with van der Waals surface area (Å²) in [6.45, 7) is 5.87. The predicted octanol–water partition coefficient (Wildman–Crippen LogP) is 3.70. The minimum absolute atomic E-state index is 1.15. The third-order valence-electron chi connectivity index (χ3n) is 1.40. The molecule has 0 N–H and O–H groups in total. The predicted molar refractivity (Wildman–Crippen MR) is 48.1 cm³/mol. The van der Waals surface area contributed by atoms with Crippen molar-refractivity contribution in [2.45, 2.75) is 39.0 Å². The van der Waals surface area contributed by atoms with E-state index >= 15 is 0 Å². The molecule has 0 heteroatoms. The van der Waals surface area contributed by atoms with Crippen molar-refractivity contribution < 1.29 is 0 Å². The molecule has 0 aromatic carbocycles. The van der Waals surface area contributed by atoms with Crippen molar-refractivity contribution in [1.29, 1.82) is 0 Å². The van der Waals surface area contributed by atoms with Gasteiger partial charge in [-0.2, -0.15) is 0 Å². The van der Waals surface area contributed by atoms with E-state index in [1.54, 1.807) is 0 Å². The SMILES string of the molecule is C=CCCCC=CCCC. The first-order valence-electron chi connectivity index (χ1n) is 4.17. The van der Waals surface area contributed by atoms with E-state index in [0.717, 1.165) is 6.42 Å². The zero-order valence-corrected chi connectivity index (χ0v) is 6.97. The minimum atomic E-state index is 1.15. The molecule has 0 aliphatic carbocycles. The summed E-state index contributed by atoms with van der Waals surface area (Å²) < 4.78 is 0. The Morgan fingerprint density at radius 3 is 2.40 bits per heavy atom. The van der Waals surface area contributed by atoms with Gasteiger partial charge in [-0.1, -0.05) is 31.6 Å². The van der Waals surface area contributed by atoms with E-state index < -0.39 is 0 Å². The van der Waals surface area contributed by atoms with Crippen LogP contribution in [0.25, 0.3) is 0 Å². The van der Waals surface area contributed by atoms with Crippen LogP contribution in [0.2, 0.25) is 0 Å². The second-order valence-corrected chi connectivity index (χ2v) is 2.48. The molecule has 0 heterocycles. The lowest BCUT2D eigenvalue weighted by atomic mass is 10.2. The molecule has 0 amide bonds. The van der Waals surface area contributed by atoms with Gasteiger partial charge in [0.25, 0.3) is 0 Å². The topological polar surface area (TPSA) is 0 Å². The Labute approximate surface area is 64.6 Å². The van der Waals surface area contributed by atoms with Gasteiger partial charge in [-0.05, 0) is 25.7 Å². The highest BCUT2D eigenvalue weighted by atomic mass is 13.8. The molecular weight excluding hydrogens is 120 g/mol. The molecule has 0 saturated heterocycles. The molecule has 0 atom stereocenters. The van der Waals surface area contributed by atoms with Gasteiger partial charge >= 0.3 is 0 Å². The number of hydrogen-bond donors (Lipinski definition) is 0. The van der Waals surface area contributed by atoms with Gasteiger partial charge in [0.05, 0.1) is 0 Å². The van der Waals surface area contributed by atoms with Crippen LogP contribution in [0.3, 0.4) is 0 Å². The first-order chi connectivity index (χ1) is 4.91. The van der Waals surface area contributed by atoms with Crippen molar-refractivity contribution in [3.63, 3.8) is 0 Å². The highest BCUT2D eigenvalue weighted by molar-refractivity contribution is 4.81. The zero-order valence-electron chi connectivity index (χ0n) is 6.97. The Balaban J connectivity index is 2.94. The lowest BCUT2D eigenvalue weighted by Gasteiger charge is -1.88. The van der Waals surface area contributed by atoms with Gasteiger partial charge in [0, 0.05) is 0 Å². The summed E-state index contributed by atoms with van der Waals surface area (Å²) in [5.41, 5.74) is 0. The van der Waals surface area contributed by atoms with Gasteiger partial charge in [-0.15, -0.1) is 6.58 Å². The maximum absolute atomic E-state index is 3.67. The van der Waals surface area contributed by atoms with E-state index in [9.17, 15) is 0 Å². The lowest BCUT2D eigenvalue weighted by Crippen LogP contribution is -1.68. The third-order valence-corrected chi connectivity index (χ3v) is 1.40. The molecule has 0 aromatic rings. The van der Waals surface area contributed by atoms with Crippen molar-refractivity contribution in [3.8, 4) is 0 Å². The highest BCUT2D eigenvalue weighted by Crippen LogP contribution is 1.98. The molecule has 58 valence electrons. The molecule has 0 aliphatic heterocycles. The number of hydrogen-bond acceptors (Lipinski definition) is 0. The zero-order chi connectivity index (χ0) is 7.66. The fourth-order valence-corrected chi connectivity index (χ4v) is 0.782. The van der Waals surface area contributed by atoms with Crippen molar-refractivity contribution in [1.82, 2.24) is 0 Å². The molecule has 0 spiro atoms. The normalized spacial score (nSPS) is 10.5. The quantitative estimate of drug-likeness (QED) is 0.388. The van der Waals surface area contributed by atoms with E-state index in [2.05, 4.69) is 25.7 Å². The maximum Gasteiger partial charge on any atom is -0.0348 e. The lowest BCUT2D eigenvalue weighted by molar-refractivity contribution is 0.860. The van der Waals surface area contributed by atoms with Gasteiger partial charge in [0.1, 0.15) is 0 Å². The first kappa shape index (κ1) is 9.48. The summed E-state index contributed by atoms with van der Waals surface area (Å²) in [7, 11) is 0.